The molecule has 0 aromatic carbocycles. The first-order valence-corrected chi connectivity index (χ1v) is 2.57. The molecule has 0 radical (unpaired) electrons. The van der Waals surface area contributed by atoms with Crippen molar-refractivity contribution in [3.8, 4) is 6.19 Å². The number of amides is 1. The average Bonchev–Trinajstić information content (AvgIpc) is 2.38. The number of rotatable bonds is 1. The van der Waals surface area contributed by atoms with Crippen LogP contribution in [-0.4, -0.2) is 5.91 Å². The van der Waals surface area contributed by atoms with Gasteiger partial charge in [0, 0.05) is 0 Å². The minimum Gasteiger partial charge on any atom is -0.459 e. The number of nitrogens with zero attached hydrogens (tertiary/aromatic N) is 1. The van der Waals surface area contributed by atoms with Crippen LogP contribution in [0.3, 0.4) is 0 Å². The molecule has 0 aliphatic heterocycles. The van der Waals surface area contributed by atoms with E-state index in [1.165, 1.54) is 18.5 Å². The molecule has 1 heterocycles. The molecule has 1 aromatic heterocycles. The highest BCUT2D eigenvalue weighted by Crippen LogP contribution is 1.97. The Kier molecular flexibility index (Phi) is 1.71. The SMILES string of the molecule is N#CNC(=O)c1ccco1. The molecule has 1 amide bonds. The van der Waals surface area contributed by atoms with Crippen LogP contribution in [-0.2, 0) is 0 Å². The maximum Gasteiger partial charge on any atom is 0.299 e. The second-order valence-electron chi connectivity index (χ2n) is 1.54. The quantitative estimate of drug-likeness (QED) is 0.451. The van der Waals surface area contributed by atoms with E-state index in [0.29, 0.717) is 0 Å². The Bertz CT molecular complexity index is 258. The molecule has 0 aliphatic carbocycles. The molecule has 1 rings (SSSR count). The highest BCUT2D eigenvalue weighted by atomic mass is 16.3. The minimum absolute atomic E-state index is 0.140. The van der Waals surface area contributed by atoms with Crippen LogP contribution in [0.4, 0.5) is 0 Å². The van der Waals surface area contributed by atoms with Crippen molar-refractivity contribution in [3.63, 3.8) is 0 Å². The first-order chi connectivity index (χ1) is 4.84. The summed E-state index contributed by atoms with van der Waals surface area (Å²) in [5, 5.41) is 9.93. The zero-order chi connectivity index (χ0) is 7.40. The van der Waals surface area contributed by atoms with Crippen molar-refractivity contribution in [1.29, 1.82) is 5.26 Å². The van der Waals surface area contributed by atoms with Gasteiger partial charge in [0.1, 0.15) is 0 Å². The molecule has 0 atom stereocenters. The van der Waals surface area contributed by atoms with Gasteiger partial charge >= 0.3 is 0 Å². The van der Waals surface area contributed by atoms with Crippen molar-refractivity contribution in [1.82, 2.24) is 5.32 Å². The summed E-state index contributed by atoms with van der Waals surface area (Å²) in [4.78, 5) is 10.7. The van der Waals surface area contributed by atoms with Crippen molar-refractivity contribution in [2.45, 2.75) is 0 Å². The van der Waals surface area contributed by atoms with Gasteiger partial charge in [-0.3, -0.25) is 10.1 Å². The van der Waals surface area contributed by atoms with Crippen LogP contribution in [0, 0.1) is 11.5 Å². The fourth-order valence-electron chi connectivity index (χ4n) is 0.520. The van der Waals surface area contributed by atoms with E-state index < -0.39 is 5.91 Å². The molecule has 0 spiro atoms. The normalized spacial score (nSPS) is 8.30. The minimum atomic E-state index is -0.521. The van der Waals surface area contributed by atoms with Crippen LogP contribution in [0.25, 0.3) is 0 Å². The lowest BCUT2D eigenvalue weighted by Gasteiger charge is -1.87. The summed E-state index contributed by atoms with van der Waals surface area (Å²) in [5.41, 5.74) is 0. The Labute approximate surface area is 57.1 Å². The Morgan fingerprint density at radius 3 is 3.10 bits per heavy atom. The van der Waals surface area contributed by atoms with Crippen LogP contribution in [0.2, 0.25) is 0 Å². The van der Waals surface area contributed by atoms with E-state index in [-0.39, 0.29) is 5.76 Å². The molecule has 0 bridgehead atoms. The summed E-state index contributed by atoms with van der Waals surface area (Å²) >= 11 is 0. The van der Waals surface area contributed by atoms with Crippen LogP contribution in [0.5, 0.6) is 0 Å². The van der Waals surface area contributed by atoms with Gasteiger partial charge in [0.2, 0.25) is 0 Å². The number of furan rings is 1. The zero-order valence-corrected chi connectivity index (χ0v) is 5.00. The highest BCUT2D eigenvalue weighted by molar-refractivity contribution is 5.92. The standard InChI is InChI=1S/C6H4N2O2/c7-4-8-6(9)5-2-1-3-10-5/h1-3H,(H,8,9). The predicted octanol–water partition coefficient (Wildman–Crippen LogP) is 0.490. The van der Waals surface area contributed by atoms with Gasteiger partial charge in [-0.05, 0) is 12.1 Å². The third kappa shape index (κ3) is 1.14. The molecular formula is C6H4N2O2. The molecule has 0 fully saturated rings. The lowest BCUT2D eigenvalue weighted by Crippen LogP contribution is -2.16. The second-order valence-corrected chi connectivity index (χ2v) is 1.54. The van der Waals surface area contributed by atoms with E-state index in [2.05, 4.69) is 4.42 Å². The van der Waals surface area contributed by atoms with Crippen molar-refractivity contribution in [2.24, 2.45) is 0 Å². The third-order valence-corrected chi connectivity index (χ3v) is 0.914. The predicted molar refractivity (Wildman–Crippen MR) is 31.8 cm³/mol. The summed E-state index contributed by atoms with van der Waals surface area (Å²) in [6.07, 6.45) is 2.86. The van der Waals surface area contributed by atoms with Crippen molar-refractivity contribution in [2.75, 3.05) is 0 Å². The molecule has 1 N–H and O–H groups in total. The molecule has 4 heteroatoms. The summed E-state index contributed by atoms with van der Waals surface area (Å²) in [5.74, 6) is -0.381. The van der Waals surface area contributed by atoms with Crippen LogP contribution in [0.15, 0.2) is 22.8 Å². The average molecular weight is 136 g/mol. The molecule has 0 unspecified atom stereocenters. The van der Waals surface area contributed by atoms with Gasteiger partial charge in [-0.15, -0.1) is 0 Å². The monoisotopic (exact) mass is 136 g/mol. The van der Waals surface area contributed by atoms with Crippen molar-refractivity contribution >= 4 is 5.91 Å². The molecule has 0 aliphatic rings. The fraction of sp³-hybridized carbons (Fsp3) is 0. The summed E-state index contributed by atoms with van der Waals surface area (Å²) in [6.45, 7) is 0. The molecule has 50 valence electrons. The second kappa shape index (κ2) is 2.69. The highest BCUT2D eigenvalue weighted by Gasteiger charge is 2.05. The van der Waals surface area contributed by atoms with Gasteiger partial charge in [-0.25, -0.2) is 0 Å². The smallest absolute Gasteiger partial charge is 0.299 e. The lowest BCUT2D eigenvalue weighted by molar-refractivity contribution is 0.0945. The van der Waals surface area contributed by atoms with Crippen molar-refractivity contribution < 1.29 is 9.21 Å². The molecule has 4 nitrogen and oxygen atoms in total. The number of hydrogen-bond acceptors (Lipinski definition) is 3. The van der Waals surface area contributed by atoms with E-state index >= 15 is 0 Å². The molecule has 0 saturated heterocycles. The number of hydrogen-bond donors (Lipinski definition) is 1. The third-order valence-electron chi connectivity index (χ3n) is 0.914. The maximum atomic E-state index is 10.7. The Hall–Kier alpha value is -1.76. The summed E-state index contributed by atoms with van der Waals surface area (Å²) in [7, 11) is 0. The van der Waals surface area contributed by atoms with Gasteiger partial charge in [-0.1, -0.05) is 0 Å². The number of carbonyl (C=O) groups excluding carboxylic acids is 1. The Balaban J connectivity index is 2.71. The van der Waals surface area contributed by atoms with Crippen molar-refractivity contribution in [3.05, 3.63) is 24.2 Å². The van der Waals surface area contributed by atoms with Crippen LogP contribution >= 0.6 is 0 Å². The topological polar surface area (TPSA) is 66.0 Å². The van der Waals surface area contributed by atoms with Crippen LogP contribution in [0.1, 0.15) is 10.6 Å². The first-order valence-electron chi connectivity index (χ1n) is 2.57. The Morgan fingerprint density at radius 1 is 1.80 bits per heavy atom. The van der Waals surface area contributed by atoms with Gasteiger partial charge in [0.15, 0.2) is 12.0 Å². The van der Waals surface area contributed by atoms with Gasteiger partial charge < -0.3 is 4.42 Å². The van der Waals surface area contributed by atoms with E-state index in [4.69, 9.17) is 5.26 Å². The van der Waals surface area contributed by atoms with E-state index in [9.17, 15) is 4.79 Å². The molecule has 0 saturated carbocycles. The molecule has 10 heavy (non-hydrogen) atoms. The van der Waals surface area contributed by atoms with Crippen LogP contribution < -0.4 is 5.32 Å². The maximum absolute atomic E-state index is 10.7. The number of nitrogens with one attached hydrogen (secondary N) is 1. The summed E-state index contributed by atoms with van der Waals surface area (Å²) in [6, 6.07) is 3.05. The fourth-order valence-corrected chi connectivity index (χ4v) is 0.520. The Morgan fingerprint density at radius 2 is 2.60 bits per heavy atom. The van der Waals surface area contributed by atoms with Gasteiger partial charge in [0.25, 0.3) is 5.91 Å². The molecular weight excluding hydrogens is 132 g/mol. The number of carbonyl (C=O) groups is 1. The largest absolute Gasteiger partial charge is 0.459 e. The first kappa shape index (κ1) is 6.36. The van der Waals surface area contributed by atoms with Gasteiger partial charge in [0.05, 0.1) is 6.26 Å². The van der Waals surface area contributed by atoms with Gasteiger partial charge in [-0.2, -0.15) is 5.26 Å². The van der Waals surface area contributed by atoms with E-state index in [1.54, 1.807) is 6.07 Å². The molecule has 1 aromatic rings. The van der Waals surface area contributed by atoms with E-state index in [0.717, 1.165) is 0 Å². The zero-order valence-electron chi connectivity index (χ0n) is 5.00. The summed E-state index contributed by atoms with van der Waals surface area (Å²) < 4.78 is 4.68. The lowest BCUT2D eigenvalue weighted by atomic mass is 10.4. The van der Waals surface area contributed by atoms with E-state index in [1.807, 2.05) is 5.32 Å². The number of nitriles is 1.